The molecule has 1 unspecified atom stereocenters. The van der Waals surface area contributed by atoms with Gasteiger partial charge in [0.05, 0.1) is 5.69 Å². The lowest BCUT2D eigenvalue weighted by Gasteiger charge is -2.27. The van der Waals surface area contributed by atoms with Crippen molar-refractivity contribution >= 4 is 11.3 Å². The first-order chi connectivity index (χ1) is 11.2. The molecule has 0 spiro atoms. The summed E-state index contributed by atoms with van der Waals surface area (Å²) < 4.78 is 0. The van der Waals surface area contributed by atoms with E-state index in [-0.39, 0.29) is 0 Å². The van der Waals surface area contributed by atoms with Crippen molar-refractivity contribution in [2.24, 2.45) is 0 Å². The van der Waals surface area contributed by atoms with E-state index in [0.29, 0.717) is 6.04 Å². The smallest absolute Gasteiger partial charge is 0.0543 e. The van der Waals surface area contributed by atoms with Gasteiger partial charge >= 0.3 is 0 Å². The van der Waals surface area contributed by atoms with E-state index in [1.807, 2.05) is 23.6 Å². The molecule has 124 valence electrons. The lowest BCUT2D eigenvalue weighted by Crippen LogP contribution is -2.32. The first-order valence-corrected chi connectivity index (χ1v) is 9.46. The quantitative estimate of drug-likeness (QED) is 0.828. The molecular weight excluding hydrogens is 302 g/mol. The molecular formula is C19H27N3S. The van der Waals surface area contributed by atoms with Crippen molar-refractivity contribution in [2.75, 3.05) is 20.1 Å². The Morgan fingerprint density at radius 2 is 2.17 bits per heavy atom. The predicted octanol–water partition coefficient (Wildman–Crippen LogP) is 3.94. The van der Waals surface area contributed by atoms with Crippen molar-refractivity contribution < 1.29 is 0 Å². The highest BCUT2D eigenvalue weighted by Gasteiger charge is 2.21. The fourth-order valence-electron chi connectivity index (χ4n) is 3.38. The van der Waals surface area contributed by atoms with Gasteiger partial charge in [0.1, 0.15) is 0 Å². The van der Waals surface area contributed by atoms with Crippen LogP contribution < -0.4 is 0 Å². The second-order valence-corrected chi connectivity index (χ2v) is 7.62. The molecule has 3 heterocycles. The van der Waals surface area contributed by atoms with Crippen molar-refractivity contribution in [3.05, 3.63) is 52.0 Å². The molecule has 0 amide bonds. The van der Waals surface area contributed by atoms with E-state index in [4.69, 9.17) is 0 Å². The van der Waals surface area contributed by atoms with Gasteiger partial charge in [0, 0.05) is 36.8 Å². The first-order valence-electron chi connectivity index (χ1n) is 8.58. The van der Waals surface area contributed by atoms with E-state index in [9.17, 15) is 0 Å². The van der Waals surface area contributed by atoms with Crippen LogP contribution in [0.1, 0.15) is 35.4 Å². The second kappa shape index (κ2) is 8.04. The molecule has 1 fully saturated rings. The Morgan fingerprint density at radius 1 is 1.26 bits per heavy atom. The number of likely N-dealkylation sites (tertiary alicyclic amines) is 1. The lowest BCUT2D eigenvalue weighted by molar-refractivity contribution is 0.204. The minimum atomic E-state index is 0.673. The van der Waals surface area contributed by atoms with Crippen LogP contribution in [0.25, 0.3) is 0 Å². The Labute approximate surface area is 144 Å². The van der Waals surface area contributed by atoms with Crippen LogP contribution in [0.2, 0.25) is 0 Å². The fraction of sp³-hybridized carbons (Fsp3) is 0.526. The van der Waals surface area contributed by atoms with Gasteiger partial charge < -0.3 is 0 Å². The van der Waals surface area contributed by atoms with Gasteiger partial charge in [-0.15, -0.1) is 11.3 Å². The number of rotatable bonds is 5. The molecule has 0 radical (unpaired) electrons. The molecule has 3 nitrogen and oxygen atoms in total. The zero-order valence-corrected chi connectivity index (χ0v) is 15.1. The van der Waals surface area contributed by atoms with E-state index in [1.54, 1.807) is 0 Å². The summed E-state index contributed by atoms with van der Waals surface area (Å²) in [5, 5.41) is 2.21. The Bertz CT molecular complexity index is 596. The predicted molar refractivity (Wildman–Crippen MR) is 97.7 cm³/mol. The summed E-state index contributed by atoms with van der Waals surface area (Å²) in [7, 11) is 2.25. The third kappa shape index (κ3) is 4.63. The van der Waals surface area contributed by atoms with E-state index >= 15 is 0 Å². The van der Waals surface area contributed by atoms with Crippen molar-refractivity contribution in [1.82, 2.24) is 14.8 Å². The molecule has 1 aliphatic heterocycles. The summed E-state index contributed by atoms with van der Waals surface area (Å²) in [5.41, 5.74) is 2.62. The maximum Gasteiger partial charge on any atom is 0.0543 e. The summed E-state index contributed by atoms with van der Waals surface area (Å²) in [6.07, 6.45) is 5.74. The third-order valence-corrected chi connectivity index (χ3v) is 5.89. The highest BCUT2D eigenvalue weighted by Crippen LogP contribution is 2.22. The summed E-state index contributed by atoms with van der Waals surface area (Å²) in [6.45, 7) is 6.74. The van der Waals surface area contributed by atoms with Crippen molar-refractivity contribution in [2.45, 2.75) is 45.3 Å². The molecule has 23 heavy (non-hydrogen) atoms. The highest BCUT2D eigenvalue weighted by atomic mass is 32.1. The van der Waals surface area contributed by atoms with Gasteiger partial charge in [-0.25, -0.2) is 0 Å². The average molecular weight is 330 g/mol. The van der Waals surface area contributed by atoms with Crippen LogP contribution in [-0.4, -0.2) is 41.0 Å². The molecule has 1 saturated heterocycles. The summed E-state index contributed by atoms with van der Waals surface area (Å²) in [6, 6.07) is 9.10. The summed E-state index contributed by atoms with van der Waals surface area (Å²) in [5.74, 6) is 0. The van der Waals surface area contributed by atoms with Gasteiger partial charge in [0.2, 0.25) is 0 Å². The first kappa shape index (κ1) is 16.6. The van der Waals surface area contributed by atoms with Crippen LogP contribution in [-0.2, 0) is 13.1 Å². The molecule has 2 aromatic heterocycles. The summed E-state index contributed by atoms with van der Waals surface area (Å²) in [4.78, 5) is 11.1. The largest absolute Gasteiger partial charge is 0.298 e. The Hall–Kier alpha value is -1.23. The van der Waals surface area contributed by atoms with Crippen LogP contribution in [0.4, 0.5) is 0 Å². The van der Waals surface area contributed by atoms with E-state index < -0.39 is 0 Å². The number of aromatic nitrogens is 1. The average Bonchev–Trinajstić information content (AvgIpc) is 2.82. The SMILES string of the molecule is Cc1ccsc1CN1CCCC(N(C)Cc2ccccn2)CC1. The molecule has 1 aliphatic rings. The summed E-state index contributed by atoms with van der Waals surface area (Å²) >= 11 is 1.90. The minimum absolute atomic E-state index is 0.673. The van der Waals surface area contributed by atoms with Crippen LogP contribution in [0.15, 0.2) is 35.8 Å². The van der Waals surface area contributed by atoms with Crippen molar-refractivity contribution in [3.8, 4) is 0 Å². The zero-order chi connectivity index (χ0) is 16.1. The number of thiophene rings is 1. The van der Waals surface area contributed by atoms with Crippen LogP contribution >= 0.6 is 11.3 Å². The van der Waals surface area contributed by atoms with Gasteiger partial charge in [-0.2, -0.15) is 0 Å². The van der Waals surface area contributed by atoms with Crippen LogP contribution in [0.3, 0.4) is 0 Å². The van der Waals surface area contributed by atoms with Crippen LogP contribution in [0, 0.1) is 6.92 Å². The van der Waals surface area contributed by atoms with Gasteiger partial charge in [-0.1, -0.05) is 6.07 Å². The van der Waals surface area contributed by atoms with Gasteiger partial charge in [-0.3, -0.25) is 14.8 Å². The minimum Gasteiger partial charge on any atom is -0.298 e. The molecule has 0 aromatic carbocycles. The Kier molecular flexibility index (Phi) is 5.81. The van der Waals surface area contributed by atoms with Crippen LogP contribution in [0.5, 0.6) is 0 Å². The number of nitrogens with zero attached hydrogens (tertiary/aromatic N) is 3. The monoisotopic (exact) mass is 329 g/mol. The molecule has 0 aliphatic carbocycles. The van der Waals surface area contributed by atoms with E-state index in [2.05, 4.69) is 52.3 Å². The third-order valence-electron chi connectivity index (χ3n) is 4.89. The molecule has 4 heteroatoms. The second-order valence-electron chi connectivity index (χ2n) is 6.62. The van der Waals surface area contributed by atoms with Gasteiger partial charge in [-0.05, 0) is 68.9 Å². The number of aryl methyl sites for hydroxylation is 1. The lowest BCUT2D eigenvalue weighted by atomic mass is 10.1. The highest BCUT2D eigenvalue weighted by molar-refractivity contribution is 7.10. The van der Waals surface area contributed by atoms with Crippen molar-refractivity contribution in [3.63, 3.8) is 0 Å². The molecule has 0 bridgehead atoms. The Morgan fingerprint density at radius 3 is 2.91 bits per heavy atom. The van der Waals surface area contributed by atoms with Crippen molar-refractivity contribution in [1.29, 1.82) is 0 Å². The molecule has 0 N–H and O–H groups in total. The molecule has 0 saturated carbocycles. The normalized spacial score (nSPS) is 19.9. The van der Waals surface area contributed by atoms with Gasteiger partial charge in [0.15, 0.2) is 0 Å². The van der Waals surface area contributed by atoms with Gasteiger partial charge in [0.25, 0.3) is 0 Å². The number of hydrogen-bond acceptors (Lipinski definition) is 4. The topological polar surface area (TPSA) is 19.4 Å². The molecule has 1 atom stereocenters. The standard InChI is InChI=1S/C19H27N3S/c1-16-9-13-23-19(16)15-22-11-5-7-18(8-12-22)21(2)14-17-6-3-4-10-20-17/h3-4,6,9-10,13,18H,5,7-8,11-12,14-15H2,1-2H3. The van der Waals surface area contributed by atoms with E-state index in [0.717, 1.165) is 13.1 Å². The molecule has 2 aromatic rings. The number of pyridine rings is 1. The molecule has 3 rings (SSSR count). The zero-order valence-electron chi connectivity index (χ0n) is 14.2. The Balaban J connectivity index is 1.52. The maximum absolute atomic E-state index is 4.46. The number of hydrogen-bond donors (Lipinski definition) is 0. The maximum atomic E-state index is 4.46. The van der Waals surface area contributed by atoms with E-state index in [1.165, 1.54) is 48.5 Å². The fourth-order valence-corrected chi connectivity index (χ4v) is 4.33.